The van der Waals surface area contributed by atoms with Crippen molar-refractivity contribution >= 4 is 29.9 Å². The van der Waals surface area contributed by atoms with E-state index in [9.17, 15) is 4.79 Å². The molecule has 1 amide bonds. The molecule has 0 aromatic heterocycles. The van der Waals surface area contributed by atoms with Crippen molar-refractivity contribution in [2.24, 2.45) is 5.92 Å². The number of benzene rings is 2. The Morgan fingerprint density at radius 1 is 1.20 bits per heavy atom. The lowest BCUT2D eigenvalue weighted by Crippen LogP contribution is -2.54. The van der Waals surface area contributed by atoms with Gasteiger partial charge in [-0.15, -0.1) is 12.4 Å². The van der Waals surface area contributed by atoms with E-state index >= 15 is 0 Å². The van der Waals surface area contributed by atoms with Crippen LogP contribution in [0.15, 0.2) is 48.5 Å². The van der Waals surface area contributed by atoms with Crippen molar-refractivity contribution < 1.29 is 4.79 Å². The number of carbonyl (C=O) groups excluding carboxylic acids is 1. The molecule has 2 bridgehead atoms. The summed E-state index contributed by atoms with van der Waals surface area (Å²) in [4.78, 5) is 12.9. The second-order valence-corrected chi connectivity index (χ2v) is 7.44. The third-order valence-corrected chi connectivity index (χ3v) is 5.95. The van der Waals surface area contributed by atoms with Gasteiger partial charge in [0.2, 0.25) is 0 Å². The zero-order chi connectivity index (χ0) is 16.7. The fraction of sp³-hybridized carbons (Fsp3) is 0.350. The number of halogens is 2. The summed E-state index contributed by atoms with van der Waals surface area (Å²) in [6, 6.07) is 15.8. The van der Waals surface area contributed by atoms with Crippen molar-refractivity contribution in [2.45, 2.75) is 31.3 Å². The van der Waals surface area contributed by atoms with E-state index in [0.29, 0.717) is 10.6 Å². The van der Waals surface area contributed by atoms with Gasteiger partial charge in [-0.1, -0.05) is 54.1 Å². The molecule has 1 unspecified atom stereocenters. The fourth-order valence-corrected chi connectivity index (χ4v) is 4.37. The van der Waals surface area contributed by atoms with Crippen LogP contribution in [0.25, 0.3) is 0 Å². The van der Waals surface area contributed by atoms with Gasteiger partial charge in [0.15, 0.2) is 0 Å². The van der Waals surface area contributed by atoms with Gasteiger partial charge in [0.1, 0.15) is 0 Å². The van der Waals surface area contributed by atoms with Gasteiger partial charge >= 0.3 is 0 Å². The highest BCUT2D eigenvalue weighted by Crippen LogP contribution is 2.50. The summed E-state index contributed by atoms with van der Waals surface area (Å²) in [5.74, 6) is 0.639. The Balaban J connectivity index is 0.00000182. The molecule has 2 heterocycles. The zero-order valence-electron chi connectivity index (χ0n) is 14.1. The maximum absolute atomic E-state index is 12.9. The summed E-state index contributed by atoms with van der Waals surface area (Å²) in [6.45, 7) is 2.96. The summed E-state index contributed by atoms with van der Waals surface area (Å²) < 4.78 is 0. The molecule has 5 rings (SSSR count). The molecule has 2 aromatic carbocycles. The second-order valence-electron chi connectivity index (χ2n) is 7.06. The summed E-state index contributed by atoms with van der Waals surface area (Å²) in [7, 11) is 0. The van der Waals surface area contributed by atoms with Crippen LogP contribution >= 0.6 is 24.0 Å². The van der Waals surface area contributed by atoms with Gasteiger partial charge in [-0.25, -0.2) is 0 Å². The Morgan fingerprint density at radius 3 is 2.56 bits per heavy atom. The number of aryl methyl sites for hydroxylation is 1. The van der Waals surface area contributed by atoms with E-state index in [1.54, 1.807) is 6.07 Å². The molecule has 3 fully saturated rings. The molecule has 132 valence electrons. The maximum Gasteiger partial charge on any atom is 0.253 e. The minimum Gasteiger partial charge on any atom is -0.343 e. The molecule has 1 saturated carbocycles. The van der Waals surface area contributed by atoms with E-state index in [1.165, 1.54) is 0 Å². The third kappa shape index (κ3) is 3.17. The Labute approximate surface area is 159 Å². The number of nitrogens with one attached hydrogen (secondary N) is 2. The van der Waals surface area contributed by atoms with Gasteiger partial charge in [-0.05, 0) is 49.4 Å². The van der Waals surface area contributed by atoms with Crippen LogP contribution in [0.3, 0.4) is 0 Å². The number of amides is 1. The molecule has 1 atom stereocenters. The van der Waals surface area contributed by atoms with E-state index in [4.69, 9.17) is 11.6 Å². The fourth-order valence-electron chi connectivity index (χ4n) is 4.16. The lowest BCUT2D eigenvalue weighted by Gasteiger charge is -2.44. The lowest BCUT2D eigenvalue weighted by molar-refractivity contribution is 0.0863. The lowest BCUT2D eigenvalue weighted by atomic mass is 9.67. The van der Waals surface area contributed by atoms with Crippen LogP contribution in [-0.2, 0) is 0 Å². The van der Waals surface area contributed by atoms with Crippen LogP contribution in [0.2, 0.25) is 5.02 Å². The standard InChI is InChI=1S/C20H21ClN2O.ClH/c1-13-6-5-9-16(17(13)21)19(24)23-18(15-7-3-2-4-8-15)20-10-14(11-20)12-22-20;/h2-9,14,18,22H,10-12H2,1H3,(H,23,24);1H. The van der Waals surface area contributed by atoms with Crippen LogP contribution in [0.4, 0.5) is 0 Å². The molecule has 25 heavy (non-hydrogen) atoms. The van der Waals surface area contributed by atoms with E-state index in [0.717, 1.165) is 36.4 Å². The molecule has 2 aliphatic heterocycles. The number of hydrogen-bond donors (Lipinski definition) is 2. The molecule has 3 nitrogen and oxygen atoms in total. The van der Waals surface area contributed by atoms with Crippen molar-refractivity contribution in [3.05, 3.63) is 70.2 Å². The molecule has 5 heteroatoms. The molecule has 0 radical (unpaired) electrons. The first kappa shape index (κ1) is 18.2. The Hall–Kier alpha value is -1.55. The smallest absolute Gasteiger partial charge is 0.253 e. The molecule has 2 N–H and O–H groups in total. The van der Waals surface area contributed by atoms with Gasteiger partial charge in [0.05, 0.1) is 16.6 Å². The first-order chi connectivity index (χ1) is 11.6. The Morgan fingerprint density at radius 2 is 1.92 bits per heavy atom. The quantitative estimate of drug-likeness (QED) is 0.835. The van der Waals surface area contributed by atoms with Crippen LogP contribution in [0.1, 0.15) is 40.4 Å². The van der Waals surface area contributed by atoms with E-state index in [-0.39, 0.29) is 29.9 Å². The minimum atomic E-state index is -0.107. The third-order valence-electron chi connectivity index (χ3n) is 5.45. The topological polar surface area (TPSA) is 41.1 Å². The number of carbonyl (C=O) groups is 1. The number of fused-ring (bicyclic) bond motifs is 1. The van der Waals surface area contributed by atoms with E-state index < -0.39 is 0 Å². The van der Waals surface area contributed by atoms with Crippen molar-refractivity contribution in [3.63, 3.8) is 0 Å². The summed E-state index contributed by atoms with van der Waals surface area (Å²) >= 11 is 6.35. The average Bonchev–Trinajstić information content (AvgIpc) is 3.17. The van der Waals surface area contributed by atoms with Crippen LogP contribution < -0.4 is 10.6 Å². The van der Waals surface area contributed by atoms with Gasteiger partial charge < -0.3 is 10.6 Å². The first-order valence-electron chi connectivity index (χ1n) is 8.45. The van der Waals surface area contributed by atoms with E-state index in [1.807, 2.05) is 37.3 Å². The van der Waals surface area contributed by atoms with Crippen LogP contribution in [0.5, 0.6) is 0 Å². The molecular weight excluding hydrogens is 355 g/mol. The van der Waals surface area contributed by atoms with Gasteiger partial charge in [-0.2, -0.15) is 0 Å². The molecule has 2 aromatic rings. The highest BCUT2D eigenvalue weighted by Gasteiger charge is 2.55. The first-order valence-corrected chi connectivity index (χ1v) is 8.83. The van der Waals surface area contributed by atoms with Gasteiger partial charge in [0.25, 0.3) is 5.91 Å². The van der Waals surface area contributed by atoms with Crippen LogP contribution in [0, 0.1) is 12.8 Å². The Kier molecular flexibility index (Phi) is 5.10. The number of hydrogen-bond acceptors (Lipinski definition) is 2. The predicted molar refractivity (Wildman–Crippen MR) is 104 cm³/mol. The highest BCUT2D eigenvalue weighted by molar-refractivity contribution is 6.34. The van der Waals surface area contributed by atoms with Crippen molar-refractivity contribution in [3.8, 4) is 0 Å². The van der Waals surface area contributed by atoms with Crippen molar-refractivity contribution in [1.29, 1.82) is 0 Å². The van der Waals surface area contributed by atoms with Crippen molar-refractivity contribution in [2.75, 3.05) is 6.54 Å². The molecule has 2 saturated heterocycles. The average molecular weight is 377 g/mol. The second kappa shape index (κ2) is 6.99. The van der Waals surface area contributed by atoms with Gasteiger partial charge in [0, 0.05) is 5.54 Å². The van der Waals surface area contributed by atoms with Crippen LogP contribution in [-0.4, -0.2) is 18.0 Å². The van der Waals surface area contributed by atoms with Crippen molar-refractivity contribution in [1.82, 2.24) is 10.6 Å². The normalized spacial score (nSPS) is 24.8. The molecular formula is C20H22Cl2N2O. The zero-order valence-corrected chi connectivity index (χ0v) is 15.7. The molecule has 3 aliphatic rings. The molecule has 1 aliphatic carbocycles. The van der Waals surface area contributed by atoms with E-state index in [2.05, 4.69) is 22.8 Å². The monoisotopic (exact) mass is 376 g/mol. The molecule has 0 spiro atoms. The summed E-state index contributed by atoms with van der Waals surface area (Å²) in [5.41, 5.74) is 2.59. The Bertz CT molecular complexity index is 767. The SMILES string of the molecule is Cc1cccc(C(=O)NC(c2ccccc2)C23CC(CN2)C3)c1Cl.Cl. The number of rotatable bonds is 4. The largest absolute Gasteiger partial charge is 0.343 e. The van der Waals surface area contributed by atoms with Gasteiger partial charge in [-0.3, -0.25) is 4.79 Å². The maximum atomic E-state index is 12.9. The highest BCUT2D eigenvalue weighted by atomic mass is 35.5. The minimum absolute atomic E-state index is 0. The predicted octanol–water partition coefficient (Wildman–Crippen LogP) is 4.29. The summed E-state index contributed by atoms with van der Waals surface area (Å²) in [6.07, 6.45) is 2.24. The summed E-state index contributed by atoms with van der Waals surface area (Å²) in [5, 5.41) is 7.43.